The molecular weight excluding hydrogens is 364 g/mol. The van der Waals surface area contributed by atoms with Gasteiger partial charge in [0, 0.05) is 36.9 Å². The van der Waals surface area contributed by atoms with Crippen LogP contribution in [0.15, 0.2) is 36.4 Å². The summed E-state index contributed by atoms with van der Waals surface area (Å²) in [5, 5.41) is 3.46. The Kier molecular flexibility index (Phi) is 6.08. The van der Waals surface area contributed by atoms with Crippen LogP contribution >= 0.6 is 11.6 Å². The first-order valence-corrected chi connectivity index (χ1v) is 9.41. The number of nitrogens with one attached hydrogen (secondary N) is 1. The second-order valence-corrected chi connectivity index (χ2v) is 6.93. The molecule has 3 rings (SSSR count). The van der Waals surface area contributed by atoms with Gasteiger partial charge in [0.15, 0.2) is 0 Å². The van der Waals surface area contributed by atoms with Gasteiger partial charge in [-0.05, 0) is 42.9 Å². The molecule has 0 aromatic heterocycles. The van der Waals surface area contributed by atoms with Crippen molar-refractivity contribution < 1.29 is 9.53 Å². The molecule has 2 aromatic rings. The summed E-state index contributed by atoms with van der Waals surface area (Å²) in [5.74, 6) is 0.187. The van der Waals surface area contributed by atoms with E-state index < -0.39 is 0 Å². The number of nitrogens with two attached hydrogens (primary N) is 1. The normalized spacial score (nSPS) is 14.9. The predicted molar refractivity (Wildman–Crippen MR) is 111 cm³/mol. The highest BCUT2D eigenvalue weighted by Crippen LogP contribution is 2.31. The zero-order valence-electron chi connectivity index (χ0n) is 15.7. The van der Waals surface area contributed by atoms with Crippen LogP contribution in [-0.2, 0) is 0 Å². The Morgan fingerprint density at radius 2 is 1.93 bits per heavy atom. The average Bonchev–Trinajstić information content (AvgIpc) is 2.68. The van der Waals surface area contributed by atoms with E-state index in [4.69, 9.17) is 22.1 Å². The summed E-state index contributed by atoms with van der Waals surface area (Å²) in [5.41, 5.74) is 8.61. The molecule has 7 heteroatoms. The second kappa shape index (κ2) is 8.50. The van der Waals surface area contributed by atoms with Gasteiger partial charge in [0.2, 0.25) is 0 Å². The fourth-order valence-corrected chi connectivity index (χ4v) is 3.45. The number of likely N-dealkylation sites (N-methyl/N-ethyl adjacent to an activating group) is 1. The lowest BCUT2D eigenvalue weighted by atomic mass is 10.1. The number of ether oxygens (including phenoxy) is 1. The Morgan fingerprint density at radius 1 is 1.19 bits per heavy atom. The molecule has 1 amide bonds. The zero-order chi connectivity index (χ0) is 19.4. The predicted octanol–water partition coefficient (Wildman–Crippen LogP) is 3.33. The van der Waals surface area contributed by atoms with E-state index in [1.165, 1.54) is 7.11 Å². The molecule has 1 aliphatic heterocycles. The molecule has 1 fully saturated rings. The summed E-state index contributed by atoms with van der Waals surface area (Å²) in [6, 6.07) is 10.6. The molecule has 27 heavy (non-hydrogen) atoms. The van der Waals surface area contributed by atoms with Crippen LogP contribution in [0.5, 0.6) is 5.75 Å². The molecule has 0 bridgehead atoms. The van der Waals surface area contributed by atoms with Crippen LogP contribution in [-0.4, -0.2) is 50.6 Å². The maximum Gasteiger partial charge on any atom is 0.259 e. The number of piperazine rings is 1. The van der Waals surface area contributed by atoms with Crippen molar-refractivity contribution in [2.45, 2.75) is 6.92 Å². The van der Waals surface area contributed by atoms with Crippen molar-refractivity contribution in [2.24, 2.45) is 0 Å². The van der Waals surface area contributed by atoms with Crippen molar-refractivity contribution in [1.29, 1.82) is 0 Å². The molecule has 3 N–H and O–H groups in total. The van der Waals surface area contributed by atoms with Crippen molar-refractivity contribution in [3.8, 4) is 5.75 Å². The first-order chi connectivity index (χ1) is 13.0. The lowest BCUT2D eigenvalue weighted by Gasteiger charge is -2.36. The van der Waals surface area contributed by atoms with E-state index in [0.717, 1.165) is 38.4 Å². The van der Waals surface area contributed by atoms with Gasteiger partial charge in [-0.15, -0.1) is 0 Å². The SMILES string of the molecule is CCN1CCN(c2ccc(N)cc2NC(=O)c2cc(Cl)ccc2OC)CC1. The number of carbonyl (C=O) groups is 1. The molecule has 1 saturated heterocycles. The van der Waals surface area contributed by atoms with Gasteiger partial charge in [0.05, 0.1) is 24.0 Å². The van der Waals surface area contributed by atoms with E-state index in [-0.39, 0.29) is 5.91 Å². The molecule has 0 radical (unpaired) electrons. The Labute approximate surface area is 164 Å². The Balaban J connectivity index is 1.85. The number of hydrogen-bond donors (Lipinski definition) is 2. The van der Waals surface area contributed by atoms with Crippen LogP contribution in [0.1, 0.15) is 17.3 Å². The minimum atomic E-state index is -0.284. The number of anilines is 3. The third-order valence-corrected chi connectivity index (χ3v) is 5.07. The fourth-order valence-electron chi connectivity index (χ4n) is 3.28. The van der Waals surface area contributed by atoms with Crippen molar-refractivity contribution in [2.75, 3.05) is 55.8 Å². The monoisotopic (exact) mass is 388 g/mol. The largest absolute Gasteiger partial charge is 0.496 e. The van der Waals surface area contributed by atoms with E-state index in [9.17, 15) is 4.79 Å². The molecule has 6 nitrogen and oxygen atoms in total. The number of nitrogen functional groups attached to an aromatic ring is 1. The molecule has 1 heterocycles. The summed E-state index contributed by atoms with van der Waals surface area (Å²) < 4.78 is 5.29. The van der Waals surface area contributed by atoms with E-state index in [2.05, 4.69) is 22.0 Å². The lowest BCUT2D eigenvalue weighted by Crippen LogP contribution is -2.46. The van der Waals surface area contributed by atoms with E-state index in [0.29, 0.717) is 27.7 Å². The second-order valence-electron chi connectivity index (χ2n) is 6.50. The summed E-state index contributed by atoms with van der Waals surface area (Å²) in [6.45, 7) is 7.02. The number of halogens is 1. The standard InChI is InChI=1S/C20H25ClN4O2/c1-3-24-8-10-25(11-9-24)18-6-5-15(22)13-17(18)23-20(26)16-12-14(21)4-7-19(16)27-2/h4-7,12-13H,3,8-11,22H2,1-2H3,(H,23,26). The number of benzene rings is 2. The van der Waals surface area contributed by atoms with E-state index in [1.54, 1.807) is 24.3 Å². The minimum absolute atomic E-state index is 0.284. The number of methoxy groups -OCH3 is 1. The highest BCUT2D eigenvalue weighted by molar-refractivity contribution is 6.31. The zero-order valence-corrected chi connectivity index (χ0v) is 16.4. The summed E-state index contributed by atoms with van der Waals surface area (Å²) in [6.07, 6.45) is 0. The highest BCUT2D eigenvalue weighted by Gasteiger charge is 2.20. The summed E-state index contributed by atoms with van der Waals surface area (Å²) >= 11 is 6.06. The van der Waals surface area contributed by atoms with Gasteiger partial charge in [-0.1, -0.05) is 18.5 Å². The summed E-state index contributed by atoms with van der Waals surface area (Å²) in [4.78, 5) is 17.6. The van der Waals surface area contributed by atoms with Crippen molar-refractivity contribution in [3.63, 3.8) is 0 Å². The molecule has 0 unspecified atom stereocenters. The number of hydrogen-bond acceptors (Lipinski definition) is 5. The molecule has 0 atom stereocenters. The van der Waals surface area contributed by atoms with Gasteiger partial charge < -0.3 is 25.6 Å². The van der Waals surface area contributed by atoms with Crippen molar-refractivity contribution in [1.82, 2.24) is 4.90 Å². The van der Waals surface area contributed by atoms with Crippen LogP contribution in [0.2, 0.25) is 5.02 Å². The van der Waals surface area contributed by atoms with Crippen LogP contribution in [0.3, 0.4) is 0 Å². The Bertz CT molecular complexity index is 820. The topological polar surface area (TPSA) is 70.8 Å². The minimum Gasteiger partial charge on any atom is -0.496 e. The first-order valence-electron chi connectivity index (χ1n) is 9.03. The lowest BCUT2D eigenvalue weighted by molar-refractivity contribution is 0.102. The fraction of sp³-hybridized carbons (Fsp3) is 0.350. The molecule has 1 aliphatic rings. The maximum absolute atomic E-state index is 12.9. The molecule has 2 aromatic carbocycles. The highest BCUT2D eigenvalue weighted by atomic mass is 35.5. The Morgan fingerprint density at radius 3 is 2.59 bits per heavy atom. The number of carbonyl (C=O) groups excluding carboxylic acids is 1. The third-order valence-electron chi connectivity index (χ3n) is 4.84. The molecule has 0 spiro atoms. The smallest absolute Gasteiger partial charge is 0.259 e. The maximum atomic E-state index is 12.9. The molecule has 144 valence electrons. The van der Waals surface area contributed by atoms with Crippen LogP contribution in [0, 0.1) is 0 Å². The Hall–Kier alpha value is -2.44. The van der Waals surface area contributed by atoms with E-state index >= 15 is 0 Å². The van der Waals surface area contributed by atoms with Gasteiger partial charge in [-0.25, -0.2) is 0 Å². The number of rotatable bonds is 5. The number of amides is 1. The quantitative estimate of drug-likeness (QED) is 0.769. The molecule has 0 saturated carbocycles. The van der Waals surface area contributed by atoms with Crippen LogP contribution in [0.25, 0.3) is 0 Å². The van der Waals surface area contributed by atoms with Gasteiger partial charge >= 0.3 is 0 Å². The number of nitrogens with zero attached hydrogens (tertiary/aromatic N) is 2. The third kappa shape index (κ3) is 4.46. The van der Waals surface area contributed by atoms with Crippen LogP contribution in [0.4, 0.5) is 17.1 Å². The molecule has 0 aliphatic carbocycles. The van der Waals surface area contributed by atoms with Gasteiger partial charge in [0.25, 0.3) is 5.91 Å². The van der Waals surface area contributed by atoms with Gasteiger partial charge in [0.1, 0.15) is 5.75 Å². The first kappa shape index (κ1) is 19.3. The summed E-state index contributed by atoms with van der Waals surface area (Å²) in [7, 11) is 1.53. The van der Waals surface area contributed by atoms with E-state index in [1.807, 2.05) is 12.1 Å². The van der Waals surface area contributed by atoms with Gasteiger partial charge in [-0.2, -0.15) is 0 Å². The van der Waals surface area contributed by atoms with Crippen molar-refractivity contribution in [3.05, 3.63) is 47.0 Å². The van der Waals surface area contributed by atoms with Crippen LogP contribution < -0.4 is 20.7 Å². The van der Waals surface area contributed by atoms with Gasteiger partial charge in [-0.3, -0.25) is 4.79 Å². The average molecular weight is 389 g/mol. The molecular formula is C20H25ClN4O2. The van der Waals surface area contributed by atoms with Crippen molar-refractivity contribution >= 4 is 34.6 Å².